The fourth-order valence-corrected chi connectivity index (χ4v) is 4.42. The van der Waals surface area contributed by atoms with Crippen molar-refractivity contribution in [2.24, 2.45) is 0 Å². The average molecular weight is 410 g/mol. The molecular formula is C22H26N4O4+2. The van der Waals surface area contributed by atoms with E-state index in [-0.39, 0.29) is 18.4 Å². The Labute approximate surface area is 174 Å². The lowest BCUT2D eigenvalue weighted by atomic mass is 10.1. The van der Waals surface area contributed by atoms with Crippen molar-refractivity contribution in [2.45, 2.75) is 6.54 Å². The van der Waals surface area contributed by atoms with Crippen LogP contribution >= 0.6 is 0 Å². The monoisotopic (exact) mass is 410 g/mol. The minimum absolute atomic E-state index is 0.00604. The average Bonchev–Trinajstić information content (AvgIpc) is 3.22. The van der Waals surface area contributed by atoms with Gasteiger partial charge in [-0.2, -0.15) is 0 Å². The van der Waals surface area contributed by atoms with Crippen LogP contribution in [0.5, 0.6) is 11.5 Å². The van der Waals surface area contributed by atoms with E-state index in [1.807, 2.05) is 30.3 Å². The SMILES string of the molecule is O=C1CN(C(=O)C[NH+]2CC[NH+](Cc3ccc4c(c3)OCO4)CC2)c2ccccc2N1. The zero-order chi connectivity index (χ0) is 20.5. The van der Waals surface area contributed by atoms with Gasteiger partial charge in [-0.05, 0) is 30.3 Å². The van der Waals surface area contributed by atoms with E-state index >= 15 is 0 Å². The third kappa shape index (κ3) is 3.83. The number of anilines is 2. The zero-order valence-electron chi connectivity index (χ0n) is 16.8. The fraction of sp³-hybridized carbons (Fsp3) is 0.364. The van der Waals surface area contributed by atoms with Gasteiger partial charge in [-0.3, -0.25) is 14.5 Å². The number of benzene rings is 2. The molecule has 0 radical (unpaired) electrons. The first kappa shape index (κ1) is 18.9. The highest BCUT2D eigenvalue weighted by molar-refractivity contribution is 6.10. The van der Waals surface area contributed by atoms with Gasteiger partial charge in [0.05, 0.1) is 11.4 Å². The molecule has 3 aliphatic heterocycles. The second-order valence-electron chi connectivity index (χ2n) is 8.09. The van der Waals surface area contributed by atoms with Crippen LogP contribution in [0.4, 0.5) is 11.4 Å². The van der Waals surface area contributed by atoms with Crippen molar-refractivity contribution in [3.63, 3.8) is 0 Å². The molecule has 3 heterocycles. The number of carbonyl (C=O) groups is 2. The van der Waals surface area contributed by atoms with Crippen molar-refractivity contribution in [1.82, 2.24) is 0 Å². The number of fused-ring (bicyclic) bond motifs is 2. The minimum atomic E-state index is -0.143. The van der Waals surface area contributed by atoms with Gasteiger partial charge >= 0.3 is 0 Å². The number of amides is 2. The van der Waals surface area contributed by atoms with Crippen molar-refractivity contribution >= 4 is 23.2 Å². The molecular weight excluding hydrogens is 384 g/mol. The number of hydrogen-bond donors (Lipinski definition) is 3. The fourth-order valence-electron chi connectivity index (χ4n) is 4.42. The first-order chi connectivity index (χ1) is 14.7. The van der Waals surface area contributed by atoms with Gasteiger partial charge in [0.1, 0.15) is 39.3 Å². The topological polar surface area (TPSA) is 76.8 Å². The van der Waals surface area contributed by atoms with Gasteiger partial charge in [0.2, 0.25) is 12.7 Å². The van der Waals surface area contributed by atoms with E-state index < -0.39 is 0 Å². The molecule has 30 heavy (non-hydrogen) atoms. The van der Waals surface area contributed by atoms with Gasteiger partial charge in [0, 0.05) is 5.56 Å². The smallest absolute Gasteiger partial charge is 0.282 e. The van der Waals surface area contributed by atoms with Crippen LogP contribution in [-0.4, -0.2) is 57.9 Å². The van der Waals surface area contributed by atoms with Crippen LogP contribution in [0, 0.1) is 0 Å². The summed E-state index contributed by atoms with van der Waals surface area (Å²) in [6, 6.07) is 13.6. The third-order valence-corrected chi connectivity index (χ3v) is 6.03. The van der Waals surface area contributed by atoms with Crippen molar-refractivity contribution in [2.75, 3.05) is 56.3 Å². The van der Waals surface area contributed by atoms with E-state index in [9.17, 15) is 9.59 Å². The molecule has 0 bridgehead atoms. The van der Waals surface area contributed by atoms with Gasteiger partial charge in [-0.25, -0.2) is 0 Å². The normalized spacial score (nSPS) is 22.4. The molecule has 0 spiro atoms. The highest BCUT2D eigenvalue weighted by atomic mass is 16.7. The second-order valence-corrected chi connectivity index (χ2v) is 8.09. The molecule has 3 N–H and O–H groups in total. The second kappa shape index (κ2) is 7.97. The van der Waals surface area contributed by atoms with Gasteiger partial charge in [0.25, 0.3) is 5.91 Å². The molecule has 0 aromatic heterocycles. The highest BCUT2D eigenvalue weighted by Crippen LogP contribution is 2.32. The number of para-hydroxylation sites is 2. The Morgan fingerprint density at radius 2 is 1.77 bits per heavy atom. The summed E-state index contributed by atoms with van der Waals surface area (Å²) in [7, 11) is 0. The van der Waals surface area contributed by atoms with Crippen LogP contribution in [0.25, 0.3) is 0 Å². The maximum absolute atomic E-state index is 12.9. The summed E-state index contributed by atoms with van der Waals surface area (Å²) < 4.78 is 10.9. The number of hydrogen-bond acceptors (Lipinski definition) is 4. The van der Waals surface area contributed by atoms with Crippen LogP contribution in [0.2, 0.25) is 0 Å². The van der Waals surface area contributed by atoms with E-state index in [0.717, 1.165) is 49.9 Å². The van der Waals surface area contributed by atoms with Gasteiger partial charge in [-0.15, -0.1) is 0 Å². The Bertz CT molecular complexity index is 971. The van der Waals surface area contributed by atoms with Crippen molar-refractivity contribution in [1.29, 1.82) is 0 Å². The summed E-state index contributed by atoms with van der Waals surface area (Å²) in [4.78, 5) is 29.3. The number of nitrogens with one attached hydrogen (secondary N) is 3. The molecule has 1 saturated heterocycles. The molecule has 2 aromatic carbocycles. The molecule has 5 rings (SSSR count). The predicted octanol–water partition coefficient (Wildman–Crippen LogP) is -1.32. The number of nitrogens with zero attached hydrogens (tertiary/aromatic N) is 1. The lowest BCUT2D eigenvalue weighted by Crippen LogP contribution is -3.28. The predicted molar refractivity (Wildman–Crippen MR) is 110 cm³/mol. The Hall–Kier alpha value is -3.10. The zero-order valence-corrected chi connectivity index (χ0v) is 16.8. The Morgan fingerprint density at radius 1 is 1.00 bits per heavy atom. The first-order valence-electron chi connectivity index (χ1n) is 10.4. The van der Waals surface area contributed by atoms with Crippen LogP contribution in [0.15, 0.2) is 42.5 Å². The molecule has 0 unspecified atom stereocenters. The lowest BCUT2D eigenvalue weighted by molar-refractivity contribution is -1.02. The van der Waals surface area contributed by atoms with Crippen LogP contribution in [0.3, 0.4) is 0 Å². The highest BCUT2D eigenvalue weighted by Gasteiger charge is 2.31. The first-order valence-corrected chi connectivity index (χ1v) is 10.4. The quantitative estimate of drug-likeness (QED) is 0.585. The summed E-state index contributed by atoms with van der Waals surface area (Å²) in [5.41, 5.74) is 2.73. The summed E-state index contributed by atoms with van der Waals surface area (Å²) in [6.07, 6.45) is 0. The van der Waals surface area contributed by atoms with Gasteiger partial charge in [0.15, 0.2) is 18.0 Å². The summed E-state index contributed by atoms with van der Waals surface area (Å²) >= 11 is 0. The standard InChI is InChI=1S/C22H24N4O4/c27-21-13-26(18-4-2-1-3-17(18)23-21)22(28)14-25-9-7-24(8-10-25)12-16-5-6-19-20(11-16)30-15-29-19/h1-6,11H,7-10,12-15H2,(H,23,27)/p+2. The van der Waals surface area contributed by atoms with Crippen molar-refractivity contribution in [3.05, 3.63) is 48.0 Å². The maximum Gasteiger partial charge on any atom is 0.282 e. The molecule has 156 valence electrons. The molecule has 2 aromatic rings. The van der Waals surface area contributed by atoms with Gasteiger partial charge in [-0.1, -0.05) is 12.1 Å². The van der Waals surface area contributed by atoms with Crippen LogP contribution in [0.1, 0.15) is 5.56 Å². The summed E-state index contributed by atoms with van der Waals surface area (Å²) in [6.45, 7) is 5.63. The molecule has 0 saturated carbocycles. The summed E-state index contributed by atoms with van der Waals surface area (Å²) in [5.74, 6) is 1.50. The molecule has 2 amide bonds. The maximum atomic E-state index is 12.9. The Balaban J connectivity index is 1.16. The molecule has 0 aliphatic carbocycles. The van der Waals surface area contributed by atoms with Crippen molar-refractivity contribution in [3.8, 4) is 11.5 Å². The molecule has 0 atom stereocenters. The Morgan fingerprint density at radius 3 is 2.63 bits per heavy atom. The van der Waals surface area contributed by atoms with E-state index in [0.29, 0.717) is 19.0 Å². The lowest BCUT2D eigenvalue weighted by Gasteiger charge is -2.32. The number of rotatable bonds is 4. The number of ether oxygens (including phenoxy) is 2. The van der Waals surface area contributed by atoms with Crippen LogP contribution in [-0.2, 0) is 16.1 Å². The molecule has 3 aliphatic rings. The van der Waals surface area contributed by atoms with E-state index in [1.54, 1.807) is 4.90 Å². The van der Waals surface area contributed by atoms with Crippen LogP contribution < -0.4 is 29.5 Å². The third-order valence-electron chi connectivity index (χ3n) is 6.03. The van der Waals surface area contributed by atoms with E-state index in [4.69, 9.17) is 9.47 Å². The van der Waals surface area contributed by atoms with Crippen molar-refractivity contribution < 1.29 is 28.9 Å². The minimum Gasteiger partial charge on any atom is -0.454 e. The Kier molecular flexibility index (Phi) is 5.02. The largest absolute Gasteiger partial charge is 0.454 e. The van der Waals surface area contributed by atoms with E-state index in [1.165, 1.54) is 15.4 Å². The molecule has 8 heteroatoms. The number of piperazine rings is 1. The molecule has 8 nitrogen and oxygen atoms in total. The van der Waals surface area contributed by atoms with Gasteiger partial charge < -0.3 is 24.6 Å². The number of carbonyl (C=O) groups excluding carboxylic acids is 2. The molecule has 1 fully saturated rings. The van der Waals surface area contributed by atoms with E-state index in [2.05, 4.69) is 17.4 Å². The summed E-state index contributed by atoms with van der Waals surface area (Å²) in [5, 5.41) is 2.83. The number of quaternary nitrogens is 2.